The van der Waals surface area contributed by atoms with Gasteiger partial charge in [0.25, 0.3) is 0 Å². The van der Waals surface area contributed by atoms with Crippen molar-refractivity contribution in [3.63, 3.8) is 0 Å². The summed E-state index contributed by atoms with van der Waals surface area (Å²) in [5, 5.41) is 9.08. The van der Waals surface area contributed by atoms with Crippen molar-refractivity contribution in [3.05, 3.63) is 449 Å². The summed E-state index contributed by atoms with van der Waals surface area (Å²) in [6.07, 6.45) is 0. The van der Waals surface area contributed by atoms with Crippen LogP contribution in [-0.4, -0.2) is 9.13 Å². The Hall–Kier alpha value is -15.6. The number of hydrogen-bond acceptors (Lipinski definition) is 6. The molecule has 0 fully saturated rings. The molecule has 0 radical (unpaired) electrons. The summed E-state index contributed by atoms with van der Waals surface area (Å²) >= 11 is 0. The summed E-state index contributed by atoms with van der Waals surface area (Å²) in [6.45, 7) is 0. The van der Waals surface area contributed by atoms with E-state index in [1.165, 1.54) is 33.0 Å². The zero-order valence-electron chi connectivity index (χ0n) is 63.2. The van der Waals surface area contributed by atoms with Crippen LogP contribution in [0.1, 0.15) is 0 Å². The van der Waals surface area contributed by atoms with Crippen LogP contribution in [0.5, 0.6) is 0 Å². The lowest BCUT2D eigenvalue weighted by molar-refractivity contribution is 0.668. The summed E-state index contributed by atoms with van der Waals surface area (Å²) in [4.78, 5) is 9.37. The lowest BCUT2D eigenvalue weighted by Crippen LogP contribution is -2.10. The van der Waals surface area contributed by atoms with E-state index < -0.39 is 0 Å². The van der Waals surface area contributed by atoms with Gasteiger partial charge in [-0.2, -0.15) is 0 Å². The van der Waals surface area contributed by atoms with Gasteiger partial charge < -0.3 is 37.6 Å². The van der Waals surface area contributed by atoms with Crippen molar-refractivity contribution < 1.29 is 8.83 Å². The molecule has 0 bridgehead atoms. The molecule has 116 heavy (non-hydrogen) atoms. The summed E-state index contributed by atoms with van der Waals surface area (Å²) in [5.74, 6) is 0. The van der Waals surface area contributed by atoms with Crippen LogP contribution in [-0.2, 0) is 0 Å². The minimum Gasteiger partial charge on any atom is -0.456 e. The molecule has 0 aliphatic heterocycles. The molecule has 0 saturated carbocycles. The average Bonchev–Trinajstić information content (AvgIpc) is 1.58. The first-order valence-electron chi connectivity index (χ1n) is 39.4. The maximum absolute atomic E-state index is 6.30. The molecule has 0 aliphatic carbocycles. The van der Waals surface area contributed by atoms with E-state index >= 15 is 0 Å². The first kappa shape index (κ1) is 68.4. The zero-order valence-corrected chi connectivity index (χ0v) is 63.2. The van der Waals surface area contributed by atoms with Crippen LogP contribution in [0.3, 0.4) is 0 Å². The minimum absolute atomic E-state index is 0.879. The van der Waals surface area contributed by atoms with E-state index in [0.29, 0.717) is 0 Å². The monoisotopic (exact) mass is 1490 g/mol. The number of para-hydroxylation sites is 8. The molecule has 0 saturated heterocycles. The molecule has 548 valence electrons. The second-order valence-electron chi connectivity index (χ2n) is 29.2. The third kappa shape index (κ3) is 12.6. The Balaban J connectivity index is 0.000000148. The van der Waals surface area contributed by atoms with Crippen LogP contribution in [0.15, 0.2) is 458 Å². The lowest BCUT2D eigenvalue weighted by atomic mass is 10.0. The van der Waals surface area contributed by atoms with Crippen LogP contribution in [0, 0.1) is 0 Å². The SMILES string of the molecule is c1ccc(-c2ccc(N(c3ccccc3)c3ccc4c(c3)c3cc(N(c5ccccc5)c5ccc(-c6ccccc6)cc5)ccc3n4-c3ccc4oc5ccccc5c4c3)cc2)cc1.c1ccc(N(c2ccccc2)c2ccc3c(c2)c2cc(N(c4ccccc4)c4ccccc4)ccc2n3-c2ccc3oc4ccccc4c3c2)cc1. The highest BCUT2D eigenvalue weighted by atomic mass is 16.3. The Labute approximate surface area is 671 Å². The highest BCUT2D eigenvalue weighted by Crippen LogP contribution is 2.48. The van der Waals surface area contributed by atoms with E-state index in [0.717, 1.165) is 156 Å². The van der Waals surface area contributed by atoms with Gasteiger partial charge >= 0.3 is 0 Å². The minimum atomic E-state index is 0.879. The standard InChI is InChI=1S/C60H41N3O.C48H33N3O/c1-5-15-42(16-6-1)44-25-29-48(30-26-44)61(46-19-9-3-10-20-46)50-33-36-57-54(39-50)55-40-51(34-37-58(55)63(57)52-35-38-60-56(41-52)53-23-13-14-24-59(53)64-60)62(47-21-11-4-12-22-47)49-31-27-45(28-32-49)43-17-7-2-8-18-43;1-5-15-34(16-6-1)49(35-17-7-2-8-18-35)38-25-28-45-42(31-38)43-32-39(50(36-19-9-3-10-20-36)37-21-11-4-12-22-37)26-29-46(43)51(45)40-27-30-48-44(33-40)41-23-13-14-24-47(41)52-48/h1-41H;1-33H. The Morgan fingerprint density at radius 2 is 0.362 bits per heavy atom. The predicted octanol–water partition coefficient (Wildman–Crippen LogP) is 30.6. The van der Waals surface area contributed by atoms with E-state index in [2.05, 4.69) is 453 Å². The van der Waals surface area contributed by atoms with Crippen molar-refractivity contribution in [2.75, 3.05) is 19.6 Å². The van der Waals surface area contributed by atoms with Gasteiger partial charge in [0, 0.05) is 123 Å². The van der Waals surface area contributed by atoms with Gasteiger partial charge in [-0.1, -0.05) is 231 Å². The first-order chi connectivity index (χ1) is 57.5. The van der Waals surface area contributed by atoms with Gasteiger partial charge in [0.15, 0.2) is 0 Å². The molecule has 4 heterocycles. The fourth-order valence-electron chi connectivity index (χ4n) is 16.9. The number of nitrogens with zero attached hydrogens (tertiary/aromatic N) is 6. The van der Waals surface area contributed by atoms with Gasteiger partial charge in [0.05, 0.1) is 22.1 Å². The smallest absolute Gasteiger partial charge is 0.135 e. The summed E-state index contributed by atoms with van der Waals surface area (Å²) in [7, 11) is 0. The number of benzene rings is 18. The fraction of sp³-hybridized carbons (Fsp3) is 0. The Kier molecular flexibility index (Phi) is 17.4. The molecule has 0 N–H and O–H groups in total. The number of hydrogen-bond donors (Lipinski definition) is 0. The maximum atomic E-state index is 6.30. The fourth-order valence-corrected chi connectivity index (χ4v) is 16.9. The molecule has 22 rings (SSSR count). The first-order valence-corrected chi connectivity index (χ1v) is 39.4. The maximum Gasteiger partial charge on any atom is 0.135 e. The van der Waals surface area contributed by atoms with Crippen molar-refractivity contribution in [2.45, 2.75) is 0 Å². The van der Waals surface area contributed by atoms with E-state index in [1.54, 1.807) is 0 Å². The second kappa shape index (κ2) is 29.6. The molecule has 4 aromatic heterocycles. The van der Waals surface area contributed by atoms with Crippen LogP contribution in [0.2, 0.25) is 0 Å². The number of rotatable bonds is 16. The highest BCUT2D eigenvalue weighted by Gasteiger charge is 2.25. The predicted molar refractivity (Wildman–Crippen MR) is 486 cm³/mol. The number of furan rings is 2. The molecule has 0 atom stereocenters. The number of aromatic nitrogens is 2. The van der Waals surface area contributed by atoms with Crippen molar-refractivity contribution >= 4 is 156 Å². The van der Waals surface area contributed by atoms with Gasteiger partial charge in [-0.05, 0) is 241 Å². The van der Waals surface area contributed by atoms with Crippen LogP contribution in [0.25, 0.3) is 121 Å². The van der Waals surface area contributed by atoms with Crippen LogP contribution in [0.4, 0.5) is 68.2 Å². The molecule has 0 amide bonds. The summed E-state index contributed by atoms with van der Waals surface area (Å²) in [5.41, 5.74) is 28.1. The molecular weight excluding hydrogens is 1410 g/mol. The molecule has 8 heteroatoms. The van der Waals surface area contributed by atoms with Gasteiger partial charge in [-0.15, -0.1) is 0 Å². The number of fused-ring (bicyclic) bond motifs is 12. The van der Waals surface area contributed by atoms with Crippen molar-refractivity contribution in [1.29, 1.82) is 0 Å². The Morgan fingerprint density at radius 1 is 0.147 bits per heavy atom. The molecule has 0 unspecified atom stereocenters. The molecule has 8 nitrogen and oxygen atoms in total. The quantitative estimate of drug-likeness (QED) is 0.0961. The second-order valence-corrected chi connectivity index (χ2v) is 29.2. The molecule has 22 aromatic rings. The zero-order chi connectivity index (χ0) is 76.8. The van der Waals surface area contributed by atoms with Gasteiger partial charge in [0.1, 0.15) is 22.3 Å². The van der Waals surface area contributed by atoms with E-state index in [1.807, 2.05) is 24.3 Å². The van der Waals surface area contributed by atoms with E-state index in [9.17, 15) is 0 Å². The Bertz CT molecular complexity index is 6890. The topological polar surface area (TPSA) is 49.1 Å². The van der Waals surface area contributed by atoms with Crippen molar-refractivity contribution in [3.8, 4) is 33.6 Å². The third-order valence-electron chi connectivity index (χ3n) is 22.3. The summed E-state index contributed by atoms with van der Waals surface area (Å²) in [6, 6.07) is 160. The molecule has 18 aromatic carbocycles. The Morgan fingerprint density at radius 3 is 0.638 bits per heavy atom. The van der Waals surface area contributed by atoms with E-state index in [-0.39, 0.29) is 0 Å². The third-order valence-corrected chi connectivity index (χ3v) is 22.3. The largest absolute Gasteiger partial charge is 0.456 e. The van der Waals surface area contributed by atoms with Crippen LogP contribution >= 0.6 is 0 Å². The molecular formula is C108H74N6O2. The summed E-state index contributed by atoms with van der Waals surface area (Å²) < 4.78 is 17.3. The van der Waals surface area contributed by atoms with E-state index in [4.69, 9.17) is 8.83 Å². The van der Waals surface area contributed by atoms with Crippen LogP contribution < -0.4 is 19.6 Å². The van der Waals surface area contributed by atoms with Crippen molar-refractivity contribution in [1.82, 2.24) is 9.13 Å². The molecule has 0 aliphatic rings. The van der Waals surface area contributed by atoms with Gasteiger partial charge in [-0.3, -0.25) is 0 Å². The normalized spacial score (nSPS) is 11.4. The van der Waals surface area contributed by atoms with Crippen molar-refractivity contribution in [2.24, 2.45) is 0 Å². The van der Waals surface area contributed by atoms with Gasteiger partial charge in [0.2, 0.25) is 0 Å². The van der Waals surface area contributed by atoms with Gasteiger partial charge in [-0.25, -0.2) is 0 Å². The number of anilines is 12. The lowest BCUT2D eigenvalue weighted by Gasteiger charge is -2.26. The average molecular weight is 1490 g/mol. The molecule has 0 spiro atoms. The highest BCUT2D eigenvalue weighted by molar-refractivity contribution is 6.15.